The van der Waals surface area contributed by atoms with Crippen LogP contribution in [0.3, 0.4) is 0 Å². The number of likely N-dealkylation sites (tertiary alicyclic amines) is 2. The third-order valence-electron chi connectivity index (χ3n) is 7.32. The van der Waals surface area contributed by atoms with E-state index in [4.69, 9.17) is 4.74 Å². The molecule has 0 bridgehead atoms. The number of ether oxygens (including phenoxy) is 1. The zero-order valence-corrected chi connectivity index (χ0v) is 19.2. The molecule has 2 atom stereocenters. The molecule has 1 amide bonds. The van der Waals surface area contributed by atoms with Crippen LogP contribution in [0.15, 0.2) is 79.1 Å². The first-order valence-electron chi connectivity index (χ1n) is 11.8. The molecule has 2 aliphatic heterocycles. The van der Waals surface area contributed by atoms with Gasteiger partial charge >= 0.3 is 0 Å². The van der Waals surface area contributed by atoms with Crippen LogP contribution in [-0.2, 0) is 17.8 Å². The van der Waals surface area contributed by atoms with Crippen molar-refractivity contribution >= 4 is 5.91 Å². The van der Waals surface area contributed by atoms with Crippen LogP contribution in [0.2, 0.25) is 0 Å². The summed E-state index contributed by atoms with van der Waals surface area (Å²) in [5.41, 5.74) is 3.33. The number of carbonyl (C=O) groups is 1. The molecule has 33 heavy (non-hydrogen) atoms. The standard InChI is InChI=1S/C28H31N3O2/c1-33-25-11-9-23(10-12-25)19-30-20-26(24-8-5-15-29-18-24)28(21-30)14-17-31(27(28)32)16-13-22-6-3-2-4-7-22/h2-12,15,18,26H,13-14,16-17,19-21H2,1H3/t26-,28-/m1/s1. The normalized spacial score (nSPS) is 22.9. The summed E-state index contributed by atoms with van der Waals surface area (Å²) in [6.07, 6.45) is 5.56. The van der Waals surface area contributed by atoms with Crippen LogP contribution < -0.4 is 4.74 Å². The molecule has 1 aromatic heterocycles. The molecule has 2 aromatic carbocycles. The van der Waals surface area contributed by atoms with Gasteiger partial charge in [-0.15, -0.1) is 0 Å². The molecule has 2 fully saturated rings. The monoisotopic (exact) mass is 441 g/mol. The smallest absolute Gasteiger partial charge is 0.230 e. The predicted octanol–water partition coefficient (Wildman–Crippen LogP) is 4.15. The number of nitrogens with zero attached hydrogens (tertiary/aromatic N) is 3. The number of carbonyl (C=O) groups excluding carboxylic acids is 1. The molecule has 0 radical (unpaired) electrons. The Balaban J connectivity index is 1.35. The molecule has 3 heterocycles. The molecule has 0 N–H and O–H groups in total. The summed E-state index contributed by atoms with van der Waals surface area (Å²) in [5, 5.41) is 0. The fraction of sp³-hybridized carbons (Fsp3) is 0.357. The number of methoxy groups -OCH3 is 1. The van der Waals surface area contributed by atoms with Gasteiger partial charge in [-0.3, -0.25) is 14.7 Å². The van der Waals surface area contributed by atoms with Gasteiger partial charge in [0.25, 0.3) is 0 Å². The number of rotatable bonds is 7. The molecular formula is C28H31N3O2. The highest BCUT2D eigenvalue weighted by molar-refractivity contribution is 5.87. The van der Waals surface area contributed by atoms with E-state index in [9.17, 15) is 4.79 Å². The first-order chi connectivity index (χ1) is 16.2. The highest BCUT2D eigenvalue weighted by atomic mass is 16.5. The molecule has 170 valence electrons. The van der Waals surface area contributed by atoms with E-state index >= 15 is 0 Å². The summed E-state index contributed by atoms with van der Waals surface area (Å²) in [6, 6.07) is 22.8. The van der Waals surface area contributed by atoms with E-state index in [0.717, 1.165) is 51.3 Å². The minimum absolute atomic E-state index is 0.165. The number of benzene rings is 2. The van der Waals surface area contributed by atoms with Gasteiger partial charge in [0.2, 0.25) is 5.91 Å². The lowest BCUT2D eigenvalue weighted by atomic mass is 9.73. The maximum atomic E-state index is 13.9. The largest absolute Gasteiger partial charge is 0.497 e. The lowest BCUT2D eigenvalue weighted by molar-refractivity contribution is -0.136. The van der Waals surface area contributed by atoms with Crippen molar-refractivity contribution in [3.8, 4) is 5.75 Å². The van der Waals surface area contributed by atoms with Crippen LogP contribution in [-0.4, -0.2) is 54.0 Å². The Morgan fingerprint density at radius 1 is 1.03 bits per heavy atom. The van der Waals surface area contributed by atoms with Gasteiger partial charge in [-0.25, -0.2) is 0 Å². The van der Waals surface area contributed by atoms with Crippen LogP contribution in [0, 0.1) is 5.41 Å². The zero-order valence-electron chi connectivity index (χ0n) is 19.2. The predicted molar refractivity (Wildman–Crippen MR) is 129 cm³/mol. The van der Waals surface area contributed by atoms with Crippen molar-refractivity contribution in [2.45, 2.75) is 25.3 Å². The van der Waals surface area contributed by atoms with Crippen molar-refractivity contribution in [1.29, 1.82) is 0 Å². The topological polar surface area (TPSA) is 45.7 Å². The quantitative estimate of drug-likeness (QED) is 0.553. The molecule has 5 rings (SSSR count). The number of hydrogen-bond donors (Lipinski definition) is 0. The van der Waals surface area contributed by atoms with Crippen LogP contribution in [0.5, 0.6) is 5.75 Å². The van der Waals surface area contributed by atoms with Gasteiger partial charge in [-0.1, -0.05) is 48.5 Å². The maximum absolute atomic E-state index is 13.9. The molecule has 5 heteroatoms. The van der Waals surface area contributed by atoms with E-state index in [1.807, 2.05) is 36.7 Å². The molecule has 5 nitrogen and oxygen atoms in total. The van der Waals surface area contributed by atoms with Crippen LogP contribution in [0.25, 0.3) is 0 Å². The first-order valence-corrected chi connectivity index (χ1v) is 11.8. The van der Waals surface area contributed by atoms with Crippen molar-refractivity contribution in [3.05, 3.63) is 95.8 Å². The molecule has 0 unspecified atom stereocenters. The summed E-state index contributed by atoms with van der Waals surface area (Å²) in [7, 11) is 1.69. The van der Waals surface area contributed by atoms with Gasteiger partial charge in [-0.2, -0.15) is 0 Å². The van der Waals surface area contributed by atoms with Crippen molar-refractivity contribution in [1.82, 2.24) is 14.8 Å². The Bertz CT molecular complexity index is 1070. The van der Waals surface area contributed by atoms with Gasteiger partial charge in [0.05, 0.1) is 12.5 Å². The van der Waals surface area contributed by atoms with E-state index in [1.165, 1.54) is 16.7 Å². The Morgan fingerprint density at radius 3 is 2.58 bits per heavy atom. The number of amides is 1. The van der Waals surface area contributed by atoms with Gasteiger partial charge in [0.1, 0.15) is 5.75 Å². The fourth-order valence-electron chi connectivity index (χ4n) is 5.57. The van der Waals surface area contributed by atoms with Crippen LogP contribution >= 0.6 is 0 Å². The van der Waals surface area contributed by atoms with Gasteiger partial charge in [-0.05, 0) is 47.7 Å². The Morgan fingerprint density at radius 2 is 1.85 bits per heavy atom. The molecule has 0 saturated carbocycles. The molecule has 0 aliphatic carbocycles. The number of hydrogen-bond acceptors (Lipinski definition) is 4. The minimum Gasteiger partial charge on any atom is -0.497 e. The lowest BCUT2D eigenvalue weighted by Crippen LogP contribution is -2.40. The second-order valence-corrected chi connectivity index (χ2v) is 9.29. The van der Waals surface area contributed by atoms with E-state index in [2.05, 4.69) is 57.2 Å². The second-order valence-electron chi connectivity index (χ2n) is 9.29. The Kier molecular flexibility index (Phi) is 6.14. The third kappa shape index (κ3) is 4.38. The van der Waals surface area contributed by atoms with Crippen LogP contribution in [0.1, 0.15) is 29.0 Å². The summed E-state index contributed by atoms with van der Waals surface area (Å²) >= 11 is 0. The number of aromatic nitrogens is 1. The zero-order chi connectivity index (χ0) is 22.7. The molecule has 1 spiro atoms. The average Bonchev–Trinajstić information content (AvgIpc) is 3.39. The van der Waals surface area contributed by atoms with Crippen molar-refractivity contribution in [2.75, 3.05) is 33.3 Å². The minimum atomic E-state index is -0.369. The molecule has 3 aromatic rings. The van der Waals surface area contributed by atoms with Crippen molar-refractivity contribution in [3.63, 3.8) is 0 Å². The Hall–Kier alpha value is -3.18. The van der Waals surface area contributed by atoms with Gasteiger partial charge in [0, 0.05) is 51.0 Å². The van der Waals surface area contributed by atoms with Gasteiger partial charge < -0.3 is 9.64 Å². The number of pyridine rings is 1. The van der Waals surface area contributed by atoms with Crippen molar-refractivity contribution in [2.24, 2.45) is 5.41 Å². The molecule has 2 saturated heterocycles. The molecular weight excluding hydrogens is 410 g/mol. The van der Waals surface area contributed by atoms with Gasteiger partial charge in [0.15, 0.2) is 0 Å². The lowest BCUT2D eigenvalue weighted by Gasteiger charge is -2.29. The van der Waals surface area contributed by atoms with E-state index in [0.29, 0.717) is 5.91 Å². The molecule has 2 aliphatic rings. The second kappa shape index (κ2) is 9.36. The highest BCUT2D eigenvalue weighted by Gasteiger charge is 2.56. The van der Waals surface area contributed by atoms with Crippen LogP contribution in [0.4, 0.5) is 0 Å². The van der Waals surface area contributed by atoms with E-state index in [1.54, 1.807) is 7.11 Å². The Labute approximate surface area is 196 Å². The maximum Gasteiger partial charge on any atom is 0.230 e. The fourth-order valence-corrected chi connectivity index (χ4v) is 5.57. The van der Waals surface area contributed by atoms with E-state index in [-0.39, 0.29) is 11.3 Å². The van der Waals surface area contributed by atoms with E-state index < -0.39 is 0 Å². The summed E-state index contributed by atoms with van der Waals surface area (Å²) in [6.45, 7) is 4.11. The summed E-state index contributed by atoms with van der Waals surface area (Å²) < 4.78 is 5.30. The van der Waals surface area contributed by atoms with Crippen molar-refractivity contribution < 1.29 is 9.53 Å². The average molecular weight is 442 g/mol. The third-order valence-corrected chi connectivity index (χ3v) is 7.32. The highest BCUT2D eigenvalue weighted by Crippen LogP contribution is 2.50. The SMILES string of the molecule is COc1ccc(CN2C[C@H](c3cccnc3)[C@@]3(CCN(CCc4ccccc4)C3=O)C2)cc1. The summed E-state index contributed by atoms with van der Waals surface area (Å²) in [4.78, 5) is 22.8. The first kappa shape index (κ1) is 21.7. The summed E-state index contributed by atoms with van der Waals surface area (Å²) in [5.74, 6) is 1.34.